The van der Waals surface area contributed by atoms with Gasteiger partial charge in [0.15, 0.2) is 0 Å². The first-order valence-electron chi connectivity index (χ1n) is 17.6. The molecule has 8 nitrogen and oxygen atoms in total. The lowest BCUT2D eigenvalue weighted by molar-refractivity contribution is -0.0639. The molecule has 2 saturated carbocycles. The molecule has 6 atom stereocenters. The van der Waals surface area contributed by atoms with Crippen molar-refractivity contribution in [2.24, 2.45) is 23.2 Å². The first-order chi connectivity index (χ1) is 21.0. The number of piperidine rings is 1. The van der Waals surface area contributed by atoms with Gasteiger partial charge in [0.25, 0.3) is 0 Å². The highest BCUT2D eigenvalue weighted by molar-refractivity contribution is 7.90. The van der Waals surface area contributed by atoms with E-state index in [4.69, 9.17) is 4.74 Å². The van der Waals surface area contributed by atoms with Crippen molar-refractivity contribution in [3.8, 4) is 0 Å². The van der Waals surface area contributed by atoms with E-state index in [0.717, 1.165) is 57.5 Å². The van der Waals surface area contributed by atoms with E-state index < -0.39 is 16.3 Å². The molecule has 248 valence electrons. The maximum atomic E-state index is 13.9. The molecular weight excluding hydrogens is 570 g/mol. The quantitative estimate of drug-likeness (QED) is 0.428. The smallest absolute Gasteiger partial charge is 0.216 e. The zero-order valence-electron chi connectivity index (χ0n) is 28.0. The summed E-state index contributed by atoms with van der Waals surface area (Å²) in [5.41, 5.74) is 4.27. The van der Waals surface area contributed by atoms with Crippen LogP contribution in [-0.4, -0.2) is 81.9 Å². The third kappa shape index (κ3) is 7.56. The number of aryl methyl sites for hydroxylation is 2. The normalized spacial score (nSPS) is 35.4. The standard InChI is InChI=1S/C35H59N5O3S/c1-24(2)16-29-23-43-32-18-31(33-25(3)8-6-9-26(33)4)36-34(37-32)38-44(41,42)30-11-7-10-27(17-30)21-40(29)22-28-19-35(20-28)12-14-39(5)15-13-35/h6,8-9,24,27-32,34,36-38H,7,10-23H2,1-5H3/t27?,29-,30?,31?,32?,34?/m1/s1. The zero-order valence-corrected chi connectivity index (χ0v) is 28.8. The van der Waals surface area contributed by atoms with Crippen LogP contribution in [0.4, 0.5) is 0 Å². The number of fused-ring (bicyclic) bond motifs is 4. The Labute approximate surface area is 267 Å². The Hall–Kier alpha value is -1.07. The van der Waals surface area contributed by atoms with Crippen LogP contribution in [-0.2, 0) is 14.8 Å². The second-order valence-electron chi connectivity index (χ2n) is 15.8. The van der Waals surface area contributed by atoms with Crippen LogP contribution in [0.2, 0.25) is 0 Å². The van der Waals surface area contributed by atoms with Gasteiger partial charge in [-0.15, -0.1) is 0 Å². The molecule has 3 N–H and O–H groups in total. The number of sulfonamides is 1. The Morgan fingerprint density at radius 1 is 1.05 bits per heavy atom. The summed E-state index contributed by atoms with van der Waals surface area (Å²) in [5.74, 6) is 1.71. The third-order valence-electron chi connectivity index (χ3n) is 11.7. The molecule has 4 bridgehead atoms. The second kappa shape index (κ2) is 13.6. The fourth-order valence-electron chi connectivity index (χ4n) is 9.42. The molecule has 1 aromatic carbocycles. The molecule has 3 heterocycles. The van der Waals surface area contributed by atoms with Crippen LogP contribution in [0, 0.1) is 37.0 Å². The molecule has 0 aromatic heterocycles. The van der Waals surface area contributed by atoms with Gasteiger partial charge in [-0.1, -0.05) is 38.5 Å². The van der Waals surface area contributed by atoms with E-state index in [1.807, 2.05) is 0 Å². The topological polar surface area (TPSA) is 85.9 Å². The highest BCUT2D eigenvalue weighted by Gasteiger charge is 2.46. The Bertz CT molecular complexity index is 1200. The van der Waals surface area contributed by atoms with Crippen LogP contribution in [0.5, 0.6) is 0 Å². The Kier molecular flexibility index (Phi) is 10.1. The lowest BCUT2D eigenvalue weighted by atomic mass is 9.57. The maximum absolute atomic E-state index is 13.9. The molecule has 1 spiro atoms. The van der Waals surface area contributed by atoms with E-state index in [0.29, 0.717) is 29.9 Å². The van der Waals surface area contributed by atoms with Gasteiger partial charge in [0.2, 0.25) is 10.0 Å². The van der Waals surface area contributed by atoms with Gasteiger partial charge in [0.1, 0.15) is 12.5 Å². The molecule has 5 aliphatic rings. The monoisotopic (exact) mass is 629 g/mol. The lowest BCUT2D eigenvalue weighted by Crippen LogP contribution is -2.64. The molecule has 9 heteroatoms. The average molecular weight is 630 g/mol. The molecule has 6 rings (SSSR count). The number of hydrogen-bond donors (Lipinski definition) is 3. The minimum Gasteiger partial charge on any atom is -0.362 e. The van der Waals surface area contributed by atoms with E-state index in [9.17, 15) is 8.42 Å². The molecule has 2 aliphatic carbocycles. The van der Waals surface area contributed by atoms with Gasteiger partial charge in [-0.2, -0.15) is 4.72 Å². The maximum Gasteiger partial charge on any atom is 0.216 e. The number of likely N-dealkylation sites (tertiary alicyclic amines) is 1. The first kappa shape index (κ1) is 32.9. The summed E-state index contributed by atoms with van der Waals surface area (Å²) >= 11 is 0. The van der Waals surface area contributed by atoms with Crippen molar-refractivity contribution in [3.63, 3.8) is 0 Å². The fourth-order valence-corrected chi connectivity index (χ4v) is 11.1. The van der Waals surface area contributed by atoms with Crippen LogP contribution < -0.4 is 15.4 Å². The van der Waals surface area contributed by atoms with Crippen LogP contribution in [0.25, 0.3) is 0 Å². The van der Waals surface area contributed by atoms with Gasteiger partial charge >= 0.3 is 0 Å². The highest BCUT2D eigenvalue weighted by atomic mass is 32.2. The van der Waals surface area contributed by atoms with Crippen molar-refractivity contribution in [3.05, 3.63) is 34.9 Å². The van der Waals surface area contributed by atoms with Gasteiger partial charge in [-0.05, 0) is 125 Å². The first-order valence-corrected chi connectivity index (χ1v) is 19.2. The van der Waals surface area contributed by atoms with Crippen molar-refractivity contribution >= 4 is 10.0 Å². The molecule has 0 amide bonds. The van der Waals surface area contributed by atoms with Crippen LogP contribution >= 0.6 is 0 Å². The van der Waals surface area contributed by atoms with Gasteiger partial charge in [0, 0.05) is 31.6 Å². The van der Waals surface area contributed by atoms with Gasteiger partial charge in [-0.25, -0.2) is 8.42 Å². The van der Waals surface area contributed by atoms with E-state index in [1.165, 1.54) is 55.5 Å². The summed E-state index contributed by atoms with van der Waals surface area (Å²) < 4.78 is 37.6. The number of rotatable bonds is 5. The predicted molar refractivity (Wildman–Crippen MR) is 178 cm³/mol. The molecule has 0 radical (unpaired) electrons. The van der Waals surface area contributed by atoms with Crippen molar-refractivity contribution in [2.45, 2.75) is 122 Å². The number of nitrogens with zero attached hydrogens (tertiary/aromatic N) is 2. The van der Waals surface area contributed by atoms with E-state index in [-0.39, 0.29) is 17.5 Å². The molecule has 3 aliphatic heterocycles. The van der Waals surface area contributed by atoms with Crippen LogP contribution in [0.1, 0.15) is 101 Å². The van der Waals surface area contributed by atoms with Gasteiger partial charge < -0.3 is 9.64 Å². The number of hydrogen-bond acceptors (Lipinski definition) is 7. The molecule has 1 aromatic rings. The van der Waals surface area contributed by atoms with Gasteiger partial charge in [0.05, 0.1) is 11.9 Å². The number of benzene rings is 1. The van der Waals surface area contributed by atoms with Crippen molar-refractivity contribution in [1.29, 1.82) is 0 Å². The van der Waals surface area contributed by atoms with Crippen molar-refractivity contribution in [1.82, 2.24) is 25.2 Å². The molecule has 44 heavy (non-hydrogen) atoms. The molecule has 5 fully saturated rings. The number of ether oxygens (including phenoxy) is 1. The van der Waals surface area contributed by atoms with E-state index in [2.05, 4.69) is 78.1 Å². The highest BCUT2D eigenvalue weighted by Crippen LogP contribution is 2.53. The summed E-state index contributed by atoms with van der Waals surface area (Å²) in [6, 6.07) is 6.74. The lowest BCUT2D eigenvalue weighted by Gasteiger charge is -2.53. The second-order valence-corrected chi connectivity index (χ2v) is 17.8. The summed E-state index contributed by atoms with van der Waals surface area (Å²) in [6.45, 7) is 14.2. The summed E-state index contributed by atoms with van der Waals surface area (Å²) in [7, 11) is -1.25. The Morgan fingerprint density at radius 2 is 1.77 bits per heavy atom. The van der Waals surface area contributed by atoms with Crippen molar-refractivity contribution < 1.29 is 13.2 Å². The number of nitrogens with one attached hydrogen (secondary N) is 3. The largest absolute Gasteiger partial charge is 0.362 e. The minimum atomic E-state index is -3.51. The summed E-state index contributed by atoms with van der Waals surface area (Å²) in [4.78, 5) is 5.25. The minimum absolute atomic E-state index is 0.000242. The Balaban J connectivity index is 1.25. The Morgan fingerprint density at radius 3 is 2.48 bits per heavy atom. The van der Waals surface area contributed by atoms with Gasteiger partial charge in [-0.3, -0.25) is 15.5 Å². The summed E-state index contributed by atoms with van der Waals surface area (Å²) in [6.07, 6.45) is 10.0. The third-order valence-corrected chi connectivity index (χ3v) is 13.6. The molecule has 3 saturated heterocycles. The average Bonchev–Trinajstić information content (AvgIpc) is 2.94. The van der Waals surface area contributed by atoms with Crippen LogP contribution in [0.15, 0.2) is 18.2 Å². The van der Waals surface area contributed by atoms with Crippen molar-refractivity contribution in [2.75, 3.05) is 39.8 Å². The zero-order chi connectivity index (χ0) is 31.1. The van der Waals surface area contributed by atoms with E-state index >= 15 is 0 Å². The molecule has 5 unspecified atom stereocenters. The fraction of sp³-hybridized carbons (Fsp3) is 0.829. The van der Waals surface area contributed by atoms with E-state index in [1.54, 1.807) is 0 Å². The summed E-state index contributed by atoms with van der Waals surface area (Å²) in [5, 5.41) is 6.77. The SMILES string of the molecule is Cc1cccc(C)c1C1CC2NC(N1)NS(=O)(=O)C1CCCC(C1)CN(CC1CC3(CCN(C)CC3)C1)[C@H](CC(C)C)CO2. The van der Waals surface area contributed by atoms with Crippen LogP contribution in [0.3, 0.4) is 0 Å². The molecular formula is C35H59N5O3S. The predicted octanol–water partition coefficient (Wildman–Crippen LogP) is 4.88.